The number of aliphatic carboxylic acids is 1. The molecular weight excluding hydrogens is 392 g/mol. The Kier molecular flexibility index (Phi) is 7.04. The average molecular weight is 399 g/mol. The first-order valence-corrected chi connectivity index (χ1v) is 4.98. The van der Waals surface area contributed by atoms with E-state index in [1.165, 1.54) is 23.0 Å². The lowest BCUT2D eigenvalue weighted by atomic mass is 10.2. The molecule has 0 saturated heterocycles. The van der Waals surface area contributed by atoms with E-state index in [9.17, 15) is 9.59 Å². The third kappa shape index (κ3) is 5.09. The van der Waals surface area contributed by atoms with E-state index in [-0.39, 0.29) is 12.8 Å². The molecule has 0 saturated carbocycles. The van der Waals surface area contributed by atoms with Crippen molar-refractivity contribution in [2.24, 2.45) is 0 Å². The molecule has 0 aliphatic rings. The van der Waals surface area contributed by atoms with Crippen LogP contribution in [0.2, 0.25) is 0 Å². The van der Waals surface area contributed by atoms with Gasteiger partial charge in [0.15, 0.2) is 23.0 Å². The van der Waals surface area contributed by atoms with E-state index in [4.69, 9.17) is 5.11 Å². The van der Waals surface area contributed by atoms with Crippen molar-refractivity contribution >= 4 is 57.8 Å². The van der Waals surface area contributed by atoms with E-state index in [0.29, 0.717) is 0 Å². The second-order valence-electron chi connectivity index (χ2n) is 1.99. The molecule has 5 nitrogen and oxygen atoms in total. The van der Waals surface area contributed by atoms with Crippen molar-refractivity contribution in [3.63, 3.8) is 0 Å². The molecule has 0 rings (SSSR count). The summed E-state index contributed by atoms with van der Waals surface area (Å²) in [7, 11) is 0. The van der Waals surface area contributed by atoms with Crippen molar-refractivity contribution in [3.05, 3.63) is 0 Å². The molecule has 0 aromatic heterocycles. The number of carbonyl (C=O) groups excluding carboxylic acids is 1. The van der Waals surface area contributed by atoms with Crippen LogP contribution in [0.1, 0.15) is 12.8 Å². The SMILES string of the molecule is O=C(CCC(NI)C(=O)O)OI. The zero-order valence-electron chi connectivity index (χ0n) is 5.92. The van der Waals surface area contributed by atoms with E-state index in [0.717, 1.165) is 0 Å². The first-order valence-electron chi connectivity index (χ1n) is 3.02. The van der Waals surface area contributed by atoms with Crippen molar-refractivity contribution in [1.29, 1.82) is 0 Å². The molecule has 0 aromatic carbocycles. The van der Waals surface area contributed by atoms with Gasteiger partial charge in [-0.15, -0.1) is 0 Å². The molecule has 0 aliphatic carbocycles. The number of hydrogen-bond donors (Lipinski definition) is 2. The number of carboxylic acid groups (broad SMARTS) is 1. The summed E-state index contributed by atoms with van der Waals surface area (Å²) in [5.74, 6) is -1.38. The number of nitrogens with one attached hydrogen (secondary N) is 1. The summed E-state index contributed by atoms with van der Waals surface area (Å²) in [6, 6.07) is -0.693. The highest BCUT2D eigenvalue weighted by Crippen LogP contribution is 2.03. The molecule has 0 spiro atoms. The number of rotatable bonds is 5. The van der Waals surface area contributed by atoms with Crippen LogP contribution in [-0.2, 0) is 12.7 Å². The summed E-state index contributed by atoms with van der Waals surface area (Å²) in [5.41, 5.74) is 0. The van der Waals surface area contributed by atoms with Gasteiger partial charge in [0.2, 0.25) is 0 Å². The molecule has 0 radical (unpaired) electrons. The fourth-order valence-corrected chi connectivity index (χ4v) is 1.32. The van der Waals surface area contributed by atoms with Crippen LogP contribution >= 0.6 is 45.9 Å². The molecular formula is C5H7I2NO4. The molecule has 0 fully saturated rings. The van der Waals surface area contributed by atoms with Gasteiger partial charge in [0.05, 0.1) is 0 Å². The van der Waals surface area contributed by atoms with Crippen LogP contribution in [0.15, 0.2) is 0 Å². The van der Waals surface area contributed by atoms with Crippen molar-refractivity contribution < 1.29 is 17.8 Å². The maximum atomic E-state index is 10.6. The van der Waals surface area contributed by atoms with Crippen molar-refractivity contribution in [2.45, 2.75) is 18.9 Å². The molecule has 1 atom stereocenters. The lowest BCUT2D eigenvalue weighted by Crippen LogP contribution is -2.30. The van der Waals surface area contributed by atoms with E-state index in [1.807, 2.05) is 0 Å². The first-order chi connectivity index (χ1) is 5.61. The summed E-state index contributed by atoms with van der Waals surface area (Å²) >= 11 is 3.21. The van der Waals surface area contributed by atoms with Gasteiger partial charge in [0.25, 0.3) is 0 Å². The molecule has 0 heterocycles. The van der Waals surface area contributed by atoms with Gasteiger partial charge in [-0.1, -0.05) is 0 Å². The smallest absolute Gasteiger partial charge is 0.321 e. The third-order valence-corrected chi connectivity index (χ3v) is 2.40. The minimum absolute atomic E-state index is 0.107. The molecule has 0 amide bonds. The number of carbonyl (C=O) groups is 2. The van der Waals surface area contributed by atoms with Crippen LogP contribution in [-0.4, -0.2) is 23.1 Å². The largest absolute Gasteiger partial charge is 0.480 e. The molecule has 7 heteroatoms. The highest BCUT2D eigenvalue weighted by atomic mass is 127. The molecule has 1 unspecified atom stereocenters. The van der Waals surface area contributed by atoms with Crippen molar-refractivity contribution in [1.82, 2.24) is 3.53 Å². The van der Waals surface area contributed by atoms with Gasteiger partial charge in [-0.05, 0) is 6.42 Å². The molecule has 12 heavy (non-hydrogen) atoms. The first kappa shape index (κ1) is 12.4. The fourth-order valence-electron chi connectivity index (χ4n) is 0.525. The van der Waals surface area contributed by atoms with E-state index < -0.39 is 18.0 Å². The predicted octanol–water partition coefficient (Wildman–Crippen LogP) is 1.05. The average Bonchev–Trinajstić information content (AvgIpc) is 2.04. The quantitative estimate of drug-likeness (QED) is 0.535. The summed E-state index contributed by atoms with van der Waals surface area (Å²) in [5, 5.41) is 8.54. The standard InChI is InChI=1S/C5H7I2NO4/c6-8-3(5(10)11)1-2-4(9)12-7/h3,8H,1-2H2,(H,10,11). The van der Waals surface area contributed by atoms with Gasteiger partial charge in [0, 0.05) is 29.3 Å². The monoisotopic (exact) mass is 399 g/mol. The Morgan fingerprint density at radius 3 is 2.50 bits per heavy atom. The molecule has 0 aromatic rings. The maximum Gasteiger partial charge on any atom is 0.321 e. The minimum Gasteiger partial charge on any atom is -0.480 e. The van der Waals surface area contributed by atoms with Crippen LogP contribution in [0.5, 0.6) is 0 Å². The zero-order chi connectivity index (χ0) is 9.56. The van der Waals surface area contributed by atoms with Crippen LogP contribution in [0.3, 0.4) is 0 Å². The van der Waals surface area contributed by atoms with Crippen LogP contribution in [0, 0.1) is 0 Å². The molecule has 70 valence electrons. The lowest BCUT2D eigenvalue weighted by molar-refractivity contribution is -0.139. The van der Waals surface area contributed by atoms with Gasteiger partial charge in [-0.25, -0.2) is 3.53 Å². The van der Waals surface area contributed by atoms with E-state index >= 15 is 0 Å². The number of hydrogen-bond acceptors (Lipinski definition) is 4. The third-order valence-electron chi connectivity index (χ3n) is 1.15. The molecule has 0 bridgehead atoms. The van der Waals surface area contributed by atoms with Crippen molar-refractivity contribution in [2.75, 3.05) is 0 Å². The van der Waals surface area contributed by atoms with Gasteiger partial charge < -0.3 is 8.17 Å². The van der Waals surface area contributed by atoms with Crippen LogP contribution in [0.25, 0.3) is 0 Å². The Hall–Kier alpha value is 0.360. The van der Waals surface area contributed by atoms with Crippen LogP contribution < -0.4 is 3.53 Å². The normalized spacial score (nSPS) is 12.2. The van der Waals surface area contributed by atoms with Gasteiger partial charge in [0.1, 0.15) is 6.04 Å². The number of carboxylic acids is 1. The molecule has 2 N–H and O–H groups in total. The Labute approximate surface area is 97.4 Å². The summed E-state index contributed by atoms with van der Waals surface area (Å²) in [6.07, 6.45) is 0.343. The summed E-state index contributed by atoms with van der Waals surface area (Å²) in [4.78, 5) is 21.0. The Balaban J connectivity index is 3.73. The minimum atomic E-state index is -0.967. The Morgan fingerprint density at radius 2 is 2.17 bits per heavy atom. The Bertz CT molecular complexity index is 175. The van der Waals surface area contributed by atoms with Gasteiger partial charge in [-0.2, -0.15) is 0 Å². The predicted molar refractivity (Wildman–Crippen MR) is 57.9 cm³/mol. The van der Waals surface area contributed by atoms with Crippen molar-refractivity contribution in [3.8, 4) is 0 Å². The van der Waals surface area contributed by atoms with Gasteiger partial charge >= 0.3 is 11.9 Å². The fraction of sp³-hybridized carbons (Fsp3) is 0.600. The highest BCUT2D eigenvalue weighted by molar-refractivity contribution is 14.1. The second kappa shape index (κ2) is 6.83. The molecule has 0 aliphatic heterocycles. The van der Waals surface area contributed by atoms with E-state index in [2.05, 4.69) is 6.60 Å². The highest BCUT2D eigenvalue weighted by Gasteiger charge is 2.17. The van der Waals surface area contributed by atoms with E-state index in [1.54, 1.807) is 22.9 Å². The second-order valence-corrected chi connectivity index (χ2v) is 3.05. The Morgan fingerprint density at radius 1 is 1.58 bits per heavy atom. The summed E-state index contributed by atoms with van der Waals surface area (Å²) in [6.45, 7) is 0. The number of halogens is 2. The topological polar surface area (TPSA) is 75.6 Å². The zero-order valence-corrected chi connectivity index (χ0v) is 10.2. The summed E-state index contributed by atoms with van der Waals surface area (Å²) < 4.78 is 6.87. The lowest BCUT2D eigenvalue weighted by Gasteiger charge is -2.07. The van der Waals surface area contributed by atoms with Crippen LogP contribution in [0.4, 0.5) is 0 Å². The maximum absolute atomic E-state index is 10.6. The van der Waals surface area contributed by atoms with Gasteiger partial charge in [-0.3, -0.25) is 9.59 Å².